The molecule has 0 heterocycles. The van der Waals surface area contributed by atoms with Crippen molar-refractivity contribution in [1.29, 1.82) is 0 Å². The molecule has 6 heteroatoms. The van der Waals surface area contributed by atoms with Crippen LogP contribution in [-0.2, 0) is 0 Å². The van der Waals surface area contributed by atoms with Gasteiger partial charge in [0.25, 0.3) is 0 Å². The number of rotatable bonds is 3. The Morgan fingerprint density at radius 1 is 0.850 bits per heavy atom. The largest absolute Gasteiger partial charge is 0.489 e. The summed E-state index contributed by atoms with van der Waals surface area (Å²) >= 11 is 6.69. The van der Waals surface area contributed by atoms with E-state index in [1.165, 1.54) is 21.1 Å². The van der Waals surface area contributed by atoms with Gasteiger partial charge in [0.1, 0.15) is 0 Å². The zero-order valence-corrected chi connectivity index (χ0v) is 14.5. The molecule has 0 aromatic heterocycles. The molecule has 0 spiro atoms. The van der Waals surface area contributed by atoms with Gasteiger partial charge < -0.3 is 10.0 Å². The first kappa shape index (κ1) is 17.7. The highest BCUT2D eigenvalue weighted by molar-refractivity contribution is 9.10. The van der Waals surface area contributed by atoms with E-state index in [1.807, 2.05) is 36.6 Å². The molecule has 0 saturated carbocycles. The number of benzene rings is 2. The maximum absolute atomic E-state index is 8.88. The summed E-state index contributed by atoms with van der Waals surface area (Å²) < 4.78 is 1.18. The highest BCUT2D eigenvalue weighted by atomic mass is 79.9. The van der Waals surface area contributed by atoms with E-state index in [9.17, 15) is 0 Å². The molecule has 0 atom stereocenters. The van der Waals surface area contributed by atoms with Crippen LogP contribution in [0.25, 0.3) is 0 Å². The Labute approximate surface area is 137 Å². The molecule has 2 rings (SSSR count). The lowest BCUT2D eigenvalue weighted by Crippen LogP contribution is -2.31. The molecular formula is C14H16BBrO2S2. The second-order valence-corrected chi connectivity index (χ2v) is 6.30. The van der Waals surface area contributed by atoms with Crippen molar-refractivity contribution in [2.45, 2.75) is 9.79 Å². The van der Waals surface area contributed by atoms with E-state index in [0.717, 1.165) is 4.90 Å². The van der Waals surface area contributed by atoms with Crippen molar-refractivity contribution in [2.24, 2.45) is 0 Å². The molecule has 106 valence electrons. The Morgan fingerprint density at radius 2 is 1.35 bits per heavy atom. The third-order valence-corrected chi connectivity index (χ3v) is 5.04. The minimum absolute atomic E-state index is 0.569. The van der Waals surface area contributed by atoms with Crippen LogP contribution in [0.15, 0.2) is 62.8 Å². The summed E-state index contributed by atoms with van der Waals surface area (Å²) in [5, 5.41) is 17.8. The van der Waals surface area contributed by atoms with Gasteiger partial charge in [-0.25, -0.2) is 0 Å². The molecule has 2 aromatic carbocycles. The Hall–Kier alpha value is -0.395. The van der Waals surface area contributed by atoms with Crippen molar-refractivity contribution in [2.75, 3.05) is 12.5 Å². The Balaban J connectivity index is 0.000000204. The second kappa shape index (κ2) is 9.52. The molecule has 0 bridgehead atoms. The summed E-state index contributed by atoms with van der Waals surface area (Å²) in [5.74, 6) is 0. The first-order valence-electron chi connectivity index (χ1n) is 5.87. The summed E-state index contributed by atoms with van der Waals surface area (Å²) in [7, 11) is -1.36. The topological polar surface area (TPSA) is 40.5 Å². The highest BCUT2D eigenvalue weighted by Crippen LogP contribution is 2.24. The number of thioether (sulfide) groups is 2. The van der Waals surface area contributed by atoms with Crippen molar-refractivity contribution in [3.05, 3.63) is 53.0 Å². The van der Waals surface area contributed by atoms with E-state index in [2.05, 4.69) is 28.3 Å². The molecule has 2 aromatic rings. The van der Waals surface area contributed by atoms with E-state index in [-0.39, 0.29) is 0 Å². The standard InChI is InChI=1S/C7H9BO2S.C7H7BrS/c1-11-7-5-3-2-4-6(7)8(9)10;1-9-7-5-3-2-4-6(7)8/h2-5,9-10H,1H3;2-5H,1H3. The van der Waals surface area contributed by atoms with Gasteiger partial charge in [-0.1, -0.05) is 30.3 Å². The number of hydrogen-bond donors (Lipinski definition) is 2. The van der Waals surface area contributed by atoms with E-state index in [1.54, 1.807) is 23.9 Å². The van der Waals surface area contributed by atoms with E-state index >= 15 is 0 Å². The van der Waals surface area contributed by atoms with Crippen LogP contribution < -0.4 is 5.46 Å². The van der Waals surface area contributed by atoms with E-state index < -0.39 is 7.12 Å². The second-order valence-electron chi connectivity index (χ2n) is 3.75. The molecule has 20 heavy (non-hydrogen) atoms. The van der Waals surface area contributed by atoms with Crippen molar-refractivity contribution in [1.82, 2.24) is 0 Å². The molecule has 0 aliphatic heterocycles. The van der Waals surface area contributed by atoms with Gasteiger partial charge in [-0.3, -0.25) is 0 Å². The summed E-state index contributed by atoms with van der Waals surface area (Å²) in [6, 6.07) is 15.4. The molecule has 0 fully saturated rings. The monoisotopic (exact) mass is 370 g/mol. The number of hydrogen-bond acceptors (Lipinski definition) is 4. The average Bonchev–Trinajstić information content (AvgIpc) is 2.48. The van der Waals surface area contributed by atoms with Gasteiger partial charge in [0.2, 0.25) is 0 Å². The maximum atomic E-state index is 8.88. The molecule has 0 aliphatic rings. The molecule has 2 nitrogen and oxygen atoms in total. The van der Waals surface area contributed by atoms with Crippen LogP contribution in [0.3, 0.4) is 0 Å². The zero-order chi connectivity index (χ0) is 15.0. The highest BCUT2D eigenvalue weighted by Gasteiger charge is 2.13. The minimum Gasteiger partial charge on any atom is -0.423 e. The van der Waals surface area contributed by atoms with Gasteiger partial charge in [-0.2, -0.15) is 0 Å². The fourth-order valence-corrected chi connectivity index (χ4v) is 3.36. The van der Waals surface area contributed by atoms with Gasteiger partial charge in [0.05, 0.1) is 0 Å². The van der Waals surface area contributed by atoms with Crippen LogP contribution in [0.1, 0.15) is 0 Å². The molecule has 2 N–H and O–H groups in total. The van der Waals surface area contributed by atoms with Crippen LogP contribution in [0.2, 0.25) is 0 Å². The third-order valence-electron chi connectivity index (χ3n) is 2.47. The molecule has 0 radical (unpaired) electrons. The molecule has 0 saturated heterocycles. The molecule has 0 unspecified atom stereocenters. The first-order valence-corrected chi connectivity index (χ1v) is 9.12. The molecule has 0 amide bonds. The van der Waals surface area contributed by atoms with Gasteiger partial charge >= 0.3 is 7.12 Å². The summed E-state index contributed by atoms with van der Waals surface area (Å²) in [5.41, 5.74) is 0.569. The quantitative estimate of drug-likeness (QED) is 0.642. The Kier molecular flexibility index (Phi) is 8.41. The van der Waals surface area contributed by atoms with Crippen molar-refractivity contribution < 1.29 is 10.0 Å². The van der Waals surface area contributed by atoms with E-state index in [4.69, 9.17) is 10.0 Å². The molecule has 0 aliphatic carbocycles. The van der Waals surface area contributed by atoms with Gasteiger partial charge in [0.15, 0.2) is 0 Å². The van der Waals surface area contributed by atoms with Crippen LogP contribution in [0, 0.1) is 0 Å². The predicted molar refractivity (Wildman–Crippen MR) is 94.0 cm³/mol. The van der Waals surface area contributed by atoms with Gasteiger partial charge in [-0.15, -0.1) is 23.5 Å². The lowest BCUT2D eigenvalue weighted by molar-refractivity contribution is 0.425. The lowest BCUT2D eigenvalue weighted by Gasteiger charge is -2.03. The summed E-state index contributed by atoms with van der Waals surface area (Å²) in [6.07, 6.45) is 3.97. The predicted octanol–water partition coefficient (Wildman–Crippen LogP) is 3.26. The van der Waals surface area contributed by atoms with Crippen LogP contribution in [0.5, 0.6) is 0 Å². The fraction of sp³-hybridized carbons (Fsp3) is 0.143. The molecular weight excluding hydrogens is 355 g/mol. The minimum atomic E-state index is -1.36. The lowest BCUT2D eigenvalue weighted by atomic mass is 9.80. The maximum Gasteiger partial charge on any atom is 0.489 e. The first-order chi connectivity index (χ1) is 9.60. The van der Waals surface area contributed by atoms with Crippen molar-refractivity contribution in [3.63, 3.8) is 0 Å². The van der Waals surface area contributed by atoms with Gasteiger partial charge in [-0.05, 0) is 52.1 Å². The average molecular weight is 371 g/mol. The van der Waals surface area contributed by atoms with E-state index in [0.29, 0.717) is 5.46 Å². The van der Waals surface area contributed by atoms with Crippen LogP contribution in [0.4, 0.5) is 0 Å². The summed E-state index contributed by atoms with van der Waals surface area (Å²) in [6.45, 7) is 0. The smallest absolute Gasteiger partial charge is 0.423 e. The normalized spacial score (nSPS) is 9.65. The summed E-state index contributed by atoms with van der Waals surface area (Å²) in [4.78, 5) is 2.19. The number of halogens is 1. The Bertz CT molecular complexity index is 538. The van der Waals surface area contributed by atoms with Crippen molar-refractivity contribution in [3.8, 4) is 0 Å². The SMILES string of the molecule is CSc1ccccc1B(O)O.CSc1ccccc1Br. The third kappa shape index (κ3) is 5.54. The zero-order valence-electron chi connectivity index (χ0n) is 11.3. The van der Waals surface area contributed by atoms with Gasteiger partial charge in [0, 0.05) is 14.3 Å². The van der Waals surface area contributed by atoms with Crippen LogP contribution in [-0.4, -0.2) is 29.7 Å². The fourth-order valence-electron chi connectivity index (χ4n) is 1.49. The van der Waals surface area contributed by atoms with Crippen molar-refractivity contribution >= 4 is 52.0 Å². The van der Waals surface area contributed by atoms with Crippen LogP contribution >= 0.6 is 39.5 Å². The Morgan fingerprint density at radius 3 is 1.75 bits per heavy atom.